The molecule has 1 aromatic heterocycles. The summed E-state index contributed by atoms with van der Waals surface area (Å²) in [5, 5.41) is 3.61. The van der Waals surface area contributed by atoms with Gasteiger partial charge < -0.3 is 5.32 Å². The van der Waals surface area contributed by atoms with E-state index in [0.717, 1.165) is 6.54 Å². The van der Waals surface area contributed by atoms with Gasteiger partial charge in [0.2, 0.25) is 0 Å². The molecule has 1 atom stereocenters. The number of thiophene rings is 1. The number of halogens is 1. The van der Waals surface area contributed by atoms with E-state index in [1.54, 1.807) is 0 Å². The maximum absolute atomic E-state index is 3.61. The molecule has 18 heavy (non-hydrogen) atoms. The van der Waals surface area contributed by atoms with Gasteiger partial charge in [0, 0.05) is 24.0 Å². The Bertz CT molecular complexity index is 347. The Balaban J connectivity index is 1.86. The molecule has 1 saturated heterocycles. The van der Waals surface area contributed by atoms with E-state index in [2.05, 4.69) is 45.2 Å². The first-order valence-corrected chi connectivity index (χ1v) is 8.59. The molecule has 1 aromatic rings. The van der Waals surface area contributed by atoms with E-state index < -0.39 is 0 Å². The van der Waals surface area contributed by atoms with Crippen molar-refractivity contribution in [2.45, 2.75) is 45.2 Å². The second-order valence-electron chi connectivity index (χ2n) is 5.09. The summed E-state index contributed by atoms with van der Waals surface area (Å²) in [7, 11) is 0. The van der Waals surface area contributed by atoms with Gasteiger partial charge in [0.25, 0.3) is 0 Å². The van der Waals surface area contributed by atoms with Crippen LogP contribution in [-0.4, -0.2) is 30.6 Å². The smallest absolute Gasteiger partial charge is 0.0701 e. The van der Waals surface area contributed by atoms with E-state index in [1.807, 2.05) is 11.3 Å². The van der Waals surface area contributed by atoms with Crippen LogP contribution in [0.2, 0.25) is 0 Å². The minimum atomic E-state index is 0.713. The predicted octanol–water partition coefficient (Wildman–Crippen LogP) is 3.86. The number of hydrogen-bond donors (Lipinski definition) is 1. The van der Waals surface area contributed by atoms with Gasteiger partial charge >= 0.3 is 0 Å². The maximum atomic E-state index is 3.61. The van der Waals surface area contributed by atoms with Gasteiger partial charge in [0.1, 0.15) is 0 Å². The van der Waals surface area contributed by atoms with Crippen molar-refractivity contribution in [3.8, 4) is 0 Å². The first-order chi connectivity index (χ1) is 8.78. The van der Waals surface area contributed by atoms with E-state index in [0.29, 0.717) is 6.04 Å². The summed E-state index contributed by atoms with van der Waals surface area (Å²) in [5.41, 5.74) is 0. The Morgan fingerprint density at radius 1 is 1.50 bits per heavy atom. The fourth-order valence-corrected chi connectivity index (χ4v) is 4.02. The van der Waals surface area contributed by atoms with Gasteiger partial charge in [-0.05, 0) is 60.4 Å². The van der Waals surface area contributed by atoms with Gasteiger partial charge in [0.05, 0.1) is 3.79 Å². The Labute approximate surface area is 123 Å². The number of rotatable bonds is 7. The molecule has 0 saturated carbocycles. The minimum absolute atomic E-state index is 0.713. The summed E-state index contributed by atoms with van der Waals surface area (Å²) < 4.78 is 1.24. The molecule has 4 heteroatoms. The van der Waals surface area contributed by atoms with Crippen molar-refractivity contribution in [3.63, 3.8) is 0 Å². The number of nitrogens with zero attached hydrogens (tertiary/aromatic N) is 1. The van der Waals surface area contributed by atoms with Crippen LogP contribution in [0, 0.1) is 0 Å². The van der Waals surface area contributed by atoms with Gasteiger partial charge in [-0.3, -0.25) is 4.90 Å². The SMILES string of the molecule is CCCCN(Cc1ccc(Br)s1)CC1CCCN1. The highest BCUT2D eigenvalue weighted by atomic mass is 79.9. The zero-order valence-corrected chi connectivity index (χ0v) is 13.5. The average molecular weight is 331 g/mol. The van der Waals surface area contributed by atoms with E-state index in [9.17, 15) is 0 Å². The van der Waals surface area contributed by atoms with Crippen LogP contribution in [0.4, 0.5) is 0 Å². The van der Waals surface area contributed by atoms with Crippen LogP contribution < -0.4 is 5.32 Å². The van der Waals surface area contributed by atoms with Crippen molar-refractivity contribution < 1.29 is 0 Å². The standard InChI is InChI=1S/C14H23BrN2S/c1-2-3-9-17(10-12-5-4-8-16-12)11-13-6-7-14(15)18-13/h6-7,12,16H,2-5,8-11H2,1H3. The molecular weight excluding hydrogens is 308 g/mol. The van der Waals surface area contributed by atoms with Crippen molar-refractivity contribution >= 4 is 27.3 Å². The molecule has 2 heterocycles. The highest BCUT2D eigenvalue weighted by Crippen LogP contribution is 2.23. The van der Waals surface area contributed by atoms with Crippen molar-refractivity contribution in [3.05, 3.63) is 20.8 Å². The van der Waals surface area contributed by atoms with Crippen LogP contribution in [0.3, 0.4) is 0 Å². The highest BCUT2D eigenvalue weighted by Gasteiger charge is 2.18. The molecular formula is C14H23BrN2S. The largest absolute Gasteiger partial charge is 0.313 e. The number of nitrogens with one attached hydrogen (secondary N) is 1. The monoisotopic (exact) mass is 330 g/mol. The second kappa shape index (κ2) is 7.63. The molecule has 1 unspecified atom stereocenters. The summed E-state index contributed by atoms with van der Waals surface area (Å²) in [4.78, 5) is 4.08. The third-order valence-electron chi connectivity index (χ3n) is 3.48. The topological polar surface area (TPSA) is 15.3 Å². The summed E-state index contributed by atoms with van der Waals surface area (Å²) in [6, 6.07) is 5.12. The van der Waals surface area contributed by atoms with Crippen LogP contribution >= 0.6 is 27.3 Å². The van der Waals surface area contributed by atoms with Gasteiger partial charge in [-0.1, -0.05) is 13.3 Å². The van der Waals surface area contributed by atoms with Gasteiger partial charge in [-0.2, -0.15) is 0 Å². The Hall–Kier alpha value is 0.1000. The minimum Gasteiger partial charge on any atom is -0.313 e. The second-order valence-corrected chi connectivity index (χ2v) is 7.64. The first kappa shape index (κ1) is 14.5. The third-order valence-corrected chi connectivity index (χ3v) is 5.09. The van der Waals surface area contributed by atoms with E-state index in [1.165, 1.54) is 54.0 Å². The van der Waals surface area contributed by atoms with Gasteiger partial charge in [0.15, 0.2) is 0 Å². The number of hydrogen-bond acceptors (Lipinski definition) is 3. The zero-order valence-electron chi connectivity index (χ0n) is 11.1. The van der Waals surface area contributed by atoms with Gasteiger partial charge in [-0.15, -0.1) is 11.3 Å². The molecule has 0 radical (unpaired) electrons. The van der Waals surface area contributed by atoms with Crippen molar-refractivity contribution in [2.24, 2.45) is 0 Å². The normalized spacial score (nSPS) is 19.8. The average Bonchev–Trinajstić information content (AvgIpc) is 2.98. The van der Waals surface area contributed by atoms with Crippen LogP contribution in [0.1, 0.15) is 37.5 Å². The lowest BCUT2D eigenvalue weighted by Gasteiger charge is -2.25. The summed E-state index contributed by atoms with van der Waals surface area (Å²) >= 11 is 5.41. The van der Waals surface area contributed by atoms with Crippen molar-refractivity contribution in [1.82, 2.24) is 10.2 Å². The maximum Gasteiger partial charge on any atom is 0.0701 e. The lowest BCUT2D eigenvalue weighted by molar-refractivity contribution is 0.239. The molecule has 0 aliphatic carbocycles. The summed E-state index contributed by atoms with van der Waals surface area (Å²) in [6.45, 7) is 7.01. The summed E-state index contributed by atoms with van der Waals surface area (Å²) in [5.74, 6) is 0. The molecule has 1 N–H and O–H groups in total. The van der Waals surface area contributed by atoms with Crippen molar-refractivity contribution in [1.29, 1.82) is 0 Å². The molecule has 2 rings (SSSR count). The van der Waals surface area contributed by atoms with E-state index in [-0.39, 0.29) is 0 Å². The summed E-state index contributed by atoms with van der Waals surface area (Å²) in [6.07, 6.45) is 5.27. The lowest BCUT2D eigenvalue weighted by atomic mass is 10.2. The molecule has 0 bridgehead atoms. The highest BCUT2D eigenvalue weighted by molar-refractivity contribution is 9.11. The van der Waals surface area contributed by atoms with Crippen LogP contribution in [0.5, 0.6) is 0 Å². The Morgan fingerprint density at radius 3 is 3.00 bits per heavy atom. The molecule has 1 fully saturated rings. The number of unbranched alkanes of at least 4 members (excludes halogenated alkanes) is 1. The van der Waals surface area contributed by atoms with E-state index >= 15 is 0 Å². The third kappa shape index (κ3) is 4.65. The first-order valence-electron chi connectivity index (χ1n) is 6.98. The predicted molar refractivity (Wildman–Crippen MR) is 83.2 cm³/mol. The molecule has 2 nitrogen and oxygen atoms in total. The van der Waals surface area contributed by atoms with Crippen molar-refractivity contribution in [2.75, 3.05) is 19.6 Å². The molecule has 1 aliphatic rings. The molecule has 0 spiro atoms. The zero-order chi connectivity index (χ0) is 12.8. The quantitative estimate of drug-likeness (QED) is 0.816. The molecule has 0 amide bonds. The van der Waals surface area contributed by atoms with Crippen LogP contribution in [-0.2, 0) is 6.54 Å². The Kier molecular flexibility index (Phi) is 6.15. The fourth-order valence-electron chi connectivity index (χ4n) is 2.50. The lowest BCUT2D eigenvalue weighted by Crippen LogP contribution is -2.37. The molecule has 0 aromatic carbocycles. The van der Waals surface area contributed by atoms with E-state index in [4.69, 9.17) is 0 Å². The molecule has 1 aliphatic heterocycles. The molecule has 102 valence electrons. The van der Waals surface area contributed by atoms with Gasteiger partial charge in [-0.25, -0.2) is 0 Å². The fraction of sp³-hybridized carbons (Fsp3) is 0.714. The van der Waals surface area contributed by atoms with Crippen LogP contribution in [0.15, 0.2) is 15.9 Å². The Morgan fingerprint density at radius 2 is 2.39 bits per heavy atom. The van der Waals surface area contributed by atoms with Crippen LogP contribution in [0.25, 0.3) is 0 Å².